The van der Waals surface area contributed by atoms with Crippen molar-refractivity contribution in [2.45, 2.75) is 25.3 Å². The molecule has 0 aromatic heterocycles. The molecule has 1 rings (SSSR count). The summed E-state index contributed by atoms with van der Waals surface area (Å²) in [7, 11) is 1.75. The van der Waals surface area contributed by atoms with Crippen LogP contribution in [0.25, 0.3) is 0 Å². The Kier molecular flexibility index (Phi) is 2.49. The summed E-state index contributed by atoms with van der Waals surface area (Å²) < 4.78 is 5.02. The highest BCUT2D eigenvalue weighted by Crippen LogP contribution is 2.23. The van der Waals surface area contributed by atoms with Crippen molar-refractivity contribution in [2.75, 3.05) is 13.7 Å². The molecule has 0 bridgehead atoms. The van der Waals surface area contributed by atoms with Crippen molar-refractivity contribution < 1.29 is 4.74 Å². The number of hydrogen-bond acceptors (Lipinski definition) is 2. The van der Waals surface area contributed by atoms with Crippen molar-refractivity contribution in [3.8, 4) is 0 Å². The molecular formula is C7H15NO. The molecule has 1 aliphatic carbocycles. The summed E-state index contributed by atoms with van der Waals surface area (Å²) in [5, 5.41) is 0. The Morgan fingerprint density at radius 2 is 2.33 bits per heavy atom. The normalized spacial score (nSPS) is 35.3. The molecule has 0 spiro atoms. The molecule has 2 nitrogen and oxygen atoms in total. The lowest BCUT2D eigenvalue weighted by Crippen LogP contribution is -2.15. The minimum atomic E-state index is 0.449. The first-order valence-corrected chi connectivity index (χ1v) is 3.57. The molecule has 0 heterocycles. The fourth-order valence-electron chi connectivity index (χ4n) is 1.50. The van der Waals surface area contributed by atoms with Crippen LogP contribution in [-0.4, -0.2) is 19.8 Å². The van der Waals surface area contributed by atoms with Gasteiger partial charge in [-0.2, -0.15) is 0 Å². The number of methoxy groups -OCH3 is 1. The smallest absolute Gasteiger partial charge is 0.0491 e. The highest BCUT2D eigenvalue weighted by molar-refractivity contribution is 4.76. The fourth-order valence-corrected chi connectivity index (χ4v) is 1.50. The highest BCUT2D eigenvalue weighted by Gasteiger charge is 2.20. The predicted molar refractivity (Wildman–Crippen MR) is 37.2 cm³/mol. The zero-order chi connectivity index (χ0) is 6.69. The third kappa shape index (κ3) is 1.95. The Balaban J connectivity index is 2.14. The molecule has 0 amide bonds. The summed E-state index contributed by atoms with van der Waals surface area (Å²) >= 11 is 0. The van der Waals surface area contributed by atoms with Gasteiger partial charge in [-0.3, -0.25) is 0 Å². The molecule has 1 aliphatic rings. The highest BCUT2D eigenvalue weighted by atomic mass is 16.5. The zero-order valence-corrected chi connectivity index (χ0v) is 5.97. The van der Waals surface area contributed by atoms with Crippen molar-refractivity contribution in [1.82, 2.24) is 0 Å². The van der Waals surface area contributed by atoms with Crippen LogP contribution in [0.15, 0.2) is 0 Å². The van der Waals surface area contributed by atoms with Crippen molar-refractivity contribution in [3.05, 3.63) is 0 Å². The maximum Gasteiger partial charge on any atom is 0.0491 e. The SMILES string of the molecule is COC[C@@H]1CCC(N)C1. The molecule has 2 atom stereocenters. The van der Waals surface area contributed by atoms with Crippen LogP contribution in [0.1, 0.15) is 19.3 Å². The van der Waals surface area contributed by atoms with Crippen molar-refractivity contribution in [1.29, 1.82) is 0 Å². The lowest BCUT2D eigenvalue weighted by atomic mass is 10.1. The second kappa shape index (κ2) is 3.18. The van der Waals surface area contributed by atoms with Gasteiger partial charge in [-0.1, -0.05) is 0 Å². The molecule has 0 aromatic carbocycles. The fraction of sp³-hybridized carbons (Fsp3) is 1.00. The summed E-state index contributed by atoms with van der Waals surface area (Å²) in [5.41, 5.74) is 5.70. The molecule has 0 aromatic rings. The molecule has 0 aliphatic heterocycles. The van der Waals surface area contributed by atoms with Gasteiger partial charge in [0.25, 0.3) is 0 Å². The van der Waals surface area contributed by atoms with Gasteiger partial charge in [0.15, 0.2) is 0 Å². The van der Waals surface area contributed by atoms with Gasteiger partial charge in [0, 0.05) is 19.8 Å². The first-order chi connectivity index (χ1) is 4.33. The summed E-state index contributed by atoms with van der Waals surface area (Å²) in [5.74, 6) is 0.741. The number of ether oxygens (including phenoxy) is 1. The molecule has 0 saturated heterocycles. The topological polar surface area (TPSA) is 35.2 Å². The first kappa shape index (κ1) is 7.03. The second-order valence-corrected chi connectivity index (χ2v) is 2.89. The van der Waals surface area contributed by atoms with E-state index in [4.69, 9.17) is 10.5 Å². The molecule has 1 unspecified atom stereocenters. The number of hydrogen-bond donors (Lipinski definition) is 1. The largest absolute Gasteiger partial charge is 0.384 e. The van der Waals surface area contributed by atoms with Crippen LogP contribution in [0.2, 0.25) is 0 Å². The number of nitrogens with two attached hydrogens (primary N) is 1. The quantitative estimate of drug-likeness (QED) is 0.597. The van der Waals surface area contributed by atoms with E-state index in [0.29, 0.717) is 6.04 Å². The maximum absolute atomic E-state index is 5.70. The van der Waals surface area contributed by atoms with E-state index in [2.05, 4.69) is 0 Å². The molecule has 1 saturated carbocycles. The molecule has 2 N–H and O–H groups in total. The van der Waals surface area contributed by atoms with E-state index in [1.165, 1.54) is 12.8 Å². The molecule has 1 fully saturated rings. The second-order valence-electron chi connectivity index (χ2n) is 2.89. The third-order valence-corrected chi connectivity index (χ3v) is 1.98. The van der Waals surface area contributed by atoms with Gasteiger partial charge >= 0.3 is 0 Å². The van der Waals surface area contributed by atoms with E-state index < -0.39 is 0 Å². The van der Waals surface area contributed by atoms with Gasteiger partial charge in [-0.25, -0.2) is 0 Å². The molecule has 9 heavy (non-hydrogen) atoms. The Morgan fingerprint density at radius 1 is 1.56 bits per heavy atom. The average Bonchev–Trinajstić information content (AvgIpc) is 2.17. The standard InChI is InChI=1S/C7H15NO/c1-9-5-6-2-3-7(8)4-6/h6-7H,2-5,8H2,1H3/t6-,7?/m1/s1. The maximum atomic E-state index is 5.70. The van der Waals surface area contributed by atoms with Crippen LogP contribution < -0.4 is 5.73 Å². The Bertz CT molecular complexity index is 83.0. The van der Waals surface area contributed by atoms with Crippen LogP contribution in [0.4, 0.5) is 0 Å². The van der Waals surface area contributed by atoms with Crippen molar-refractivity contribution in [2.24, 2.45) is 11.7 Å². The van der Waals surface area contributed by atoms with Crippen molar-refractivity contribution in [3.63, 3.8) is 0 Å². The Hall–Kier alpha value is -0.0800. The van der Waals surface area contributed by atoms with E-state index in [9.17, 15) is 0 Å². The van der Waals surface area contributed by atoms with Crippen LogP contribution >= 0.6 is 0 Å². The van der Waals surface area contributed by atoms with Gasteiger partial charge in [0.2, 0.25) is 0 Å². The van der Waals surface area contributed by atoms with Gasteiger partial charge in [0.1, 0.15) is 0 Å². The lowest BCUT2D eigenvalue weighted by Gasteiger charge is -2.05. The summed E-state index contributed by atoms with van der Waals surface area (Å²) in [6.07, 6.45) is 3.61. The minimum absolute atomic E-state index is 0.449. The van der Waals surface area contributed by atoms with E-state index >= 15 is 0 Å². The minimum Gasteiger partial charge on any atom is -0.384 e. The Morgan fingerprint density at radius 3 is 2.78 bits per heavy atom. The van der Waals surface area contributed by atoms with E-state index in [-0.39, 0.29) is 0 Å². The summed E-state index contributed by atoms with van der Waals surface area (Å²) in [6, 6.07) is 0.449. The van der Waals surface area contributed by atoms with E-state index in [1.54, 1.807) is 7.11 Å². The average molecular weight is 129 g/mol. The Labute approximate surface area is 56.4 Å². The molecule has 54 valence electrons. The summed E-state index contributed by atoms with van der Waals surface area (Å²) in [4.78, 5) is 0. The number of rotatable bonds is 2. The van der Waals surface area contributed by atoms with Gasteiger partial charge in [-0.05, 0) is 25.2 Å². The first-order valence-electron chi connectivity index (χ1n) is 3.57. The third-order valence-electron chi connectivity index (χ3n) is 1.98. The van der Waals surface area contributed by atoms with Crippen LogP contribution in [-0.2, 0) is 4.74 Å². The van der Waals surface area contributed by atoms with E-state index in [1.807, 2.05) is 0 Å². The van der Waals surface area contributed by atoms with Gasteiger partial charge in [0.05, 0.1) is 0 Å². The monoisotopic (exact) mass is 129 g/mol. The predicted octanol–water partition coefficient (Wildman–Crippen LogP) is 0.760. The lowest BCUT2D eigenvalue weighted by molar-refractivity contribution is 0.154. The molecule has 0 radical (unpaired) electrons. The zero-order valence-electron chi connectivity index (χ0n) is 5.97. The van der Waals surface area contributed by atoms with Crippen LogP contribution in [0, 0.1) is 5.92 Å². The van der Waals surface area contributed by atoms with Gasteiger partial charge < -0.3 is 10.5 Å². The van der Waals surface area contributed by atoms with Crippen LogP contribution in [0.5, 0.6) is 0 Å². The van der Waals surface area contributed by atoms with Crippen molar-refractivity contribution >= 4 is 0 Å². The molecule has 2 heteroatoms. The van der Waals surface area contributed by atoms with Gasteiger partial charge in [-0.15, -0.1) is 0 Å². The summed E-state index contributed by atoms with van der Waals surface area (Å²) in [6.45, 7) is 0.897. The molecular weight excluding hydrogens is 114 g/mol. The van der Waals surface area contributed by atoms with E-state index in [0.717, 1.165) is 18.9 Å². The van der Waals surface area contributed by atoms with Crippen LogP contribution in [0.3, 0.4) is 0 Å².